The summed E-state index contributed by atoms with van der Waals surface area (Å²) < 4.78 is 69.9. The molecule has 4 rings (SSSR count). The second-order valence-corrected chi connectivity index (χ2v) is 12.9. The van der Waals surface area contributed by atoms with Gasteiger partial charge in [-0.05, 0) is 67.4 Å². The summed E-state index contributed by atoms with van der Waals surface area (Å²) >= 11 is 6.22. The molecule has 4 aromatic carbocycles. The molecule has 7 nitrogen and oxygen atoms in total. The van der Waals surface area contributed by atoms with Crippen molar-refractivity contribution < 1.29 is 31.2 Å². The van der Waals surface area contributed by atoms with Crippen LogP contribution < -0.4 is 9.62 Å². The molecule has 4 aromatic rings. The van der Waals surface area contributed by atoms with Crippen LogP contribution in [0.1, 0.15) is 29.2 Å². The monoisotopic (exact) mass is 671 g/mol. The molecule has 0 spiro atoms. The third-order valence-electron chi connectivity index (χ3n) is 7.21. The van der Waals surface area contributed by atoms with Crippen molar-refractivity contribution in [3.8, 4) is 0 Å². The molecule has 0 bridgehead atoms. The van der Waals surface area contributed by atoms with Crippen molar-refractivity contribution in [3.05, 3.63) is 130 Å². The fourth-order valence-electron chi connectivity index (χ4n) is 4.88. The molecule has 2 amide bonds. The van der Waals surface area contributed by atoms with Crippen LogP contribution in [-0.4, -0.2) is 44.3 Å². The number of anilines is 1. The predicted molar refractivity (Wildman–Crippen MR) is 172 cm³/mol. The summed E-state index contributed by atoms with van der Waals surface area (Å²) in [5.41, 5.74) is 0.629. The molecule has 242 valence electrons. The average molecular weight is 672 g/mol. The van der Waals surface area contributed by atoms with Gasteiger partial charge < -0.3 is 10.2 Å². The lowest BCUT2D eigenvalue weighted by atomic mass is 10.0. The molecule has 0 aliphatic carbocycles. The molecule has 0 saturated heterocycles. The van der Waals surface area contributed by atoms with Gasteiger partial charge in [0.05, 0.1) is 16.1 Å². The molecular formula is C34H33ClF3N3O4S. The maximum absolute atomic E-state index is 14.4. The quantitative estimate of drug-likeness (QED) is 0.183. The number of alkyl halides is 3. The van der Waals surface area contributed by atoms with E-state index in [0.29, 0.717) is 21.0 Å². The van der Waals surface area contributed by atoms with Crippen molar-refractivity contribution in [1.82, 2.24) is 10.2 Å². The summed E-state index contributed by atoms with van der Waals surface area (Å²) in [6.07, 6.45) is -4.68. The maximum atomic E-state index is 14.4. The van der Waals surface area contributed by atoms with E-state index >= 15 is 0 Å². The van der Waals surface area contributed by atoms with E-state index in [9.17, 15) is 31.2 Å². The molecule has 1 atom stereocenters. The van der Waals surface area contributed by atoms with Crippen molar-refractivity contribution in [2.75, 3.05) is 17.4 Å². The lowest BCUT2D eigenvalue weighted by Crippen LogP contribution is -2.53. The van der Waals surface area contributed by atoms with E-state index in [4.69, 9.17) is 11.6 Å². The van der Waals surface area contributed by atoms with Gasteiger partial charge in [-0.15, -0.1) is 0 Å². The standard InChI is InChI=1S/C34H33ClF3N3O4S/c1-3-39-33(43)31(20-25-9-5-4-6-10-25)40(22-26-11-7-13-28(35)19-26)32(42)23-41(29-14-8-12-27(21-29)34(36,37)38)46(44,45)30-17-15-24(2)16-18-30/h4-19,21,31H,3,20,22-23H2,1-2H3,(H,39,43)/t31-/m0/s1. The number of hydrogen-bond acceptors (Lipinski definition) is 4. The Bertz CT molecular complexity index is 1770. The van der Waals surface area contributed by atoms with Crippen LogP contribution in [0.3, 0.4) is 0 Å². The van der Waals surface area contributed by atoms with Gasteiger partial charge >= 0.3 is 6.18 Å². The summed E-state index contributed by atoms with van der Waals surface area (Å²) in [4.78, 5) is 28.9. The summed E-state index contributed by atoms with van der Waals surface area (Å²) in [6, 6.07) is 24.1. The van der Waals surface area contributed by atoms with Crippen molar-refractivity contribution >= 4 is 39.1 Å². The number of rotatable bonds is 12. The summed E-state index contributed by atoms with van der Waals surface area (Å²) in [7, 11) is -4.56. The van der Waals surface area contributed by atoms with Crippen LogP contribution in [0.15, 0.2) is 108 Å². The molecule has 0 unspecified atom stereocenters. The van der Waals surface area contributed by atoms with Crippen LogP contribution in [-0.2, 0) is 38.8 Å². The Morgan fingerprint density at radius 1 is 0.870 bits per heavy atom. The van der Waals surface area contributed by atoms with E-state index in [0.717, 1.165) is 23.3 Å². The van der Waals surface area contributed by atoms with Crippen molar-refractivity contribution in [2.45, 2.75) is 43.9 Å². The van der Waals surface area contributed by atoms with Crippen molar-refractivity contribution in [1.29, 1.82) is 0 Å². The highest BCUT2D eigenvalue weighted by Crippen LogP contribution is 2.33. The zero-order valence-electron chi connectivity index (χ0n) is 25.2. The molecule has 12 heteroatoms. The third kappa shape index (κ3) is 8.67. The molecule has 0 aliphatic heterocycles. The Labute approximate surface area is 271 Å². The normalized spacial score (nSPS) is 12.3. The first-order valence-corrected chi connectivity index (χ1v) is 16.2. The van der Waals surface area contributed by atoms with Gasteiger partial charge in [-0.1, -0.05) is 77.8 Å². The van der Waals surface area contributed by atoms with Crippen LogP contribution >= 0.6 is 11.6 Å². The largest absolute Gasteiger partial charge is 0.416 e. The number of amides is 2. The Hall–Kier alpha value is -4.35. The van der Waals surface area contributed by atoms with E-state index in [1.807, 2.05) is 6.07 Å². The number of likely N-dealkylation sites (N-methyl/N-ethyl adjacent to an activating group) is 1. The SMILES string of the molecule is CCNC(=O)[C@H](Cc1ccccc1)N(Cc1cccc(Cl)c1)C(=O)CN(c1cccc(C(F)(F)F)c1)S(=O)(=O)c1ccc(C)cc1. The highest BCUT2D eigenvalue weighted by molar-refractivity contribution is 7.92. The van der Waals surface area contributed by atoms with E-state index in [2.05, 4.69) is 5.32 Å². The lowest BCUT2D eigenvalue weighted by Gasteiger charge is -2.34. The number of nitrogens with one attached hydrogen (secondary N) is 1. The number of aryl methyl sites for hydroxylation is 1. The van der Waals surface area contributed by atoms with Crippen LogP contribution in [0.5, 0.6) is 0 Å². The van der Waals surface area contributed by atoms with Gasteiger partial charge in [-0.3, -0.25) is 13.9 Å². The van der Waals surface area contributed by atoms with E-state index in [1.54, 1.807) is 74.5 Å². The second-order valence-electron chi connectivity index (χ2n) is 10.6. The topological polar surface area (TPSA) is 86.8 Å². The number of carbonyl (C=O) groups excluding carboxylic acids is 2. The van der Waals surface area contributed by atoms with E-state index in [1.165, 1.54) is 23.1 Å². The number of halogens is 4. The van der Waals surface area contributed by atoms with Crippen LogP contribution in [0, 0.1) is 6.92 Å². The fourth-order valence-corrected chi connectivity index (χ4v) is 6.50. The molecule has 0 fully saturated rings. The number of sulfonamides is 1. The molecule has 0 heterocycles. The predicted octanol–water partition coefficient (Wildman–Crippen LogP) is 6.64. The van der Waals surface area contributed by atoms with Gasteiger partial charge in [0.1, 0.15) is 12.6 Å². The summed E-state index contributed by atoms with van der Waals surface area (Å²) in [6.45, 7) is 2.73. The molecular weight excluding hydrogens is 639 g/mol. The average Bonchev–Trinajstić information content (AvgIpc) is 3.02. The second kappa shape index (κ2) is 14.8. The van der Waals surface area contributed by atoms with E-state index < -0.39 is 46.2 Å². The van der Waals surface area contributed by atoms with Crippen molar-refractivity contribution in [3.63, 3.8) is 0 Å². The number of nitrogens with zero attached hydrogens (tertiary/aromatic N) is 2. The first-order valence-electron chi connectivity index (χ1n) is 14.4. The highest BCUT2D eigenvalue weighted by Gasteiger charge is 2.36. The zero-order chi connectivity index (χ0) is 33.5. The molecule has 1 N–H and O–H groups in total. The third-order valence-corrected chi connectivity index (χ3v) is 9.24. The smallest absolute Gasteiger partial charge is 0.355 e. The molecule has 0 aromatic heterocycles. The van der Waals surface area contributed by atoms with Crippen molar-refractivity contribution in [2.24, 2.45) is 0 Å². The van der Waals surface area contributed by atoms with Gasteiger partial charge in [0, 0.05) is 24.5 Å². The van der Waals surface area contributed by atoms with Gasteiger partial charge in [-0.25, -0.2) is 8.42 Å². The first kappa shape index (κ1) is 34.5. The zero-order valence-corrected chi connectivity index (χ0v) is 26.7. The van der Waals surface area contributed by atoms with Crippen LogP contribution in [0.25, 0.3) is 0 Å². The minimum Gasteiger partial charge on any atom is -0.355 e. The van der Waals surface area contributed by atoms with Gasteiger partial charge in [0.2, 0.25) is 11.8 Å². The number of carbonyl (C=O) groups is 2. The van der Waals surface area contributed by atoms with E-state index in [-0.39, 0.29) is 30.1 Å². The number of benzene rings is 4. The Morgan fingerprint density at radius 3 is 2.15 bits per heavy atom. The minimum atomic E-state index is -4.77. The lowest BCUT2D eigenvalue weighted by molar-refractivity contribution is -0.140. The fraction of sp³-hybridized carbons (Fsp3) is 0.235. The molecule has 0 aliphatic rings. The summed E-state index contributed by atoms with van der Waals surface area (Å²) in [5.74, 6) is -1.28. The maximum Gasteiger partial charge on any atom is 0.416 e. The highest BCUT2D eigenvalue weighted by atomic mass is 35.5. The Kier molecular flexibility index (Phi) is 11.1. The van der Waals surface area contributed by atoms with Crippen LogP contribution in [0.2, 0.25) is 5.02 Å². The molecule has 0 radical (unpaired) electrons. The Morgan fingerprint density at radius 2 is 1.52 bits per heavy atom. The summed E-state index contributed by atoms with van der Waals surface area (Å²) in [5, 5.41) is 3.14. The van der Waals surface area contributed by atoms with Crippen LogP contribution in [0.4, 0.5) is 18.9 Å². The van der Waals surface area contributed by atoms with Gasteiger partial charge in [0.25, 0.3) is 10.0 Å². The molecule has 0 saturated carbocycles. The first-order chi connectivity index (χ1) is 21.8. The Balaban J connectivity index is 1.84. The van der Waals surface area contributed by atoms with Gasteiger partial charge in [0.15, 0.2) is 0 Å². The van der Waals surface area contributed by atoms with Gasteiger partial charge in [-0.2, -0.15) is 13.2 Å². The minimum absolute atomic E-state index is 0.0905. The molecule has 46 heavy (non-hydrogen) atoms. The number of hydrogen-bond donors (Lipinski definition) is 1.